The summed E-state index contributed by atoms with van der Waals surface area (Å²) in [4.78, 5) is 0.613. The number of halogens is 1. The van der Waals surface area contributed by atoms with E-state index in [9.17, 15) is 0 Å². The molecule has 5 unspecified atom stereocenters. The molecule has 3 saturated carbocycles. The van der Waals surface area contributed by atoms with Crippen molar-refractivity contribution in [3.63, 3.8) is 0 Å². The summed E-state index contributed by atoms with van der Waals surface area (Å²) in [5.41, 5.74) is 4.66. The van der Waals surface area contributed by atoms with Gasteiger partial charge in [-0.05, 0) is 78.4 Å². The zero-order valence-corrected chi connectivity index (χ0v) is 14.2. The fraction of sp³-hybridized carbons (Fsp3) is 0.684. The third-order valence-electron chi connectivity index (χ3n) is 6.43. The van der Waals surface area contributed by atoms with E-state index >= 15 is 0 Å². The molecule has 3 aliphatic carbocycles. The van der Waals surface area contributed by atoms with Crippen molar-refractivity contribution in [3.8, 4) is 0 Å². The number of hydrogen-bond donors (Lipinski definition) is 0. The summed E-state index contributed by atoms with van der Waals surface area (Å²) in [7, 11) is 0. The van der Waals surface area contributed by atoms with Gasteiger partial charge in [0.2, 0.25) is 0 Å². The van der Waals surface area contributed by atoms with Gasteiger partial charge >= 0.3 is 0 Å². The molecule has 0 nitrogen and oxygen atoms in total. The maximum absolute atomic E-state index is 4.11. The lowest BCUT2D eigenvalue weighted by molar-refractivity contribution is 0.456. The first-order valence-electron chi connectivity index (χ1n) is 8.50. The lowest BCUT2D eigenvalue weighted by Gasteiger charge is -2.19. The van der Waals surface area contributed by atoms with Crippen molar-refractivity contribution in [1.82, 2.24) is 0 Å². The van der Waals surface area contributed by atoms with E-state index in [2.05, 4.69) is 48.0 Å². The maximum Gasteiger partial charge on any atom is 0.0432 e. The van der Waals surface area contributed by atoms with Gasteiger partial charge in [0.25, 0.3) is 0 Å². The van der Waals surface area contributed by atoms with Crippen LogP contribution in [-0.4, -0.2) is 0 Å². The Hall–Kier alpha value is -0.300. The summed E-state index contributed by atoms with van der Waals surface area (Å²) in [6.07, 6.45) is 6.92. The molecule has 0 N–H and O–H groups in total. The van der Waals surface area contributed by atoms with Gasteiger partial charge < -0.3 is 0 Å². The van der Waals surface area contributed by atoms with Crippen LogP contribution in [0.1, 0.15) is 54.6 Å². The van der Waals surface area contributed by atoms with Crippen LogP contribution in [0.5, 0.6) is 0 Å². The molecular formula is C19H25Br. The molecule has 3 fully saturated rings. The molecule has 20 heavy (non-hydrogen) atoms. The molecular weight excluding hydrogens is 308 g/mol. The third kappa shape index (κ3) is 1.85. The fourth-order valence-corrected chi connectivity index (χ4v) is 6.57. The van der Waals surface area contributed by atoms with Gasteiger partial charge in [-0.15, -0.1) is 0 Å². The molecule has 1 heteroatoms. The minimum absolute atomic E-state index is 0.613. The second-order valence-electron chi connectivity index (χ2n) is 7.21. The van der Waals surface area contributed by atoms with E-state index in [-0.39, 0.29) is 0 Å². The van der Waals surface area contributed by atoms with Gasteiger partial charge in [0, 0.05) is 4.83 Å². The molecule has 0 aromatic heterocycles. The van der Waals surface area contributed by atoms with E-state index in [0.717, 1.165) is 42.4 Å². The van der Waals surface area contributed by atoms with Gasteiger partial charge in [0.15, 0.2) is 0 Å². The first kappa shape index (κ1) is 13.4. The summed E-state index contributed by atoms with van der Waals surface area (Å²) < 4.78 is 0. The standard InChI is InChI=1S/C19H25Br/c1-3-11-5-6-12(4-2)15(9-11)19(20)18-16-13-7-8-14(10-13)17(16)18/h5-6,9,13-14,16-19H,3-4,7-8,10H2,1-2H3. The van der Waals surface area contributed by atoms with Crippen molar-refractivity contribution >= 4 is 15.9 Å². The Bertz CT molecular complexity index is 504. The first-order valence-corrected chi connectivity index (χ1v) is 9.41. The Morgan fingerprint density at radius 1 is 1.10 bits per heavy atom. The van der Waals surface area contributed by atoms with Crippen molar-refractivity contribution in [2.75, 3.05) is 0 Å². The van der Waals surface area contributed by atoms with E-state index in [1.807, 2.05) is 0 Å². The Morgan fingerprint density at radius 3 is 2.40 bits per heavy atom. The van der Waals surface area contributed by atoms with Crippen molar-refractivity contribution in [2.24, 2.45) is 29.6 Å². The van der Waals surface area contributed by atoms with E-state index in [0.29, 0.717) is 4.83 Å². The molecule has 0 aliphatic heterocycles. The molecule has 5 atom stereocenters. The highest BCUT2D eigenvalue weighted by atomic mass is 79.9. The van der Waals surface area contributed by atoms with Gasteiger partial charge in [-0.1, -0.05) is 48.0 Å². The molecule has 1 aromatic rings. The Morgan fingerprint density at radius 2 is 1.80 bits per heavy atom. The van der Waals surface area contributed by atoms with Gasteiger partial charge in [-0.25, -0.2) is 0 Å². The molecule has 0 radical (unpaired) electrons. The second kappa shape index (κ2) is 4.87. The van der Waals surface area contributed by atoms with Crippen molar-refractivity contribution in [1.29, 1.82) is 0 Å². The van der Waals surface area contributed by atoms with Crippen LogP contribution in [0, 0.1) is 29.6 Å². The molecule has 4 rings (SSSR count). The van der Waals surface area contributed by atoms with Crippen LogP contribution in [0.25, 0.3) is 0 Å². The Labute approximate surface area is 131 Å². The number of aryl methyl sites for hydroxylation is 2. The normalized spacial score (nSPS) is 38.9. The number of hydrogen-bond acceptors (Lipinski definition) is 0. The van der Waals surface area contributed by atoms with E-state index in [4.69, 9.17) is 0 Å². The van der Waals surface area contributed by atoms with Crippen LogP contribution < -0.4 is 0 Å². The predicted octanol–water partition coefficient (Wildman–Crippen LogP) is 5.54. The largest absolute Gasteiger partial charge is 0.0835 e. The molecule has 0 amide bonds. The molecule has 0 heterocycles. The minimum atomic E-state index is 0.613. The second-order valence-corrected chi connectivity index (χ2v) is 8.19. The van der Waals surface area contributed by atoms with Crippen LogP contribution in [0.4, 0.5) is 0 Å². The average molecular weight is 333 g/mol. The molecule has 3 aliphatic rings. The van der Waals surface area contributed by atoms with Crippen LogP contribution >= 0.6 is 15.9 Å². The average Bonchev–Trinajstić information content (AvgIpc) is 2.93. The van der Waals surface area contributed by atoms with Gasteiger partial charge in [-0.3, -0.25) is 0 Å². The van der Waals surface area contributed by atoms with Crippen molar-refractivity contribution in [3.05, 3.63) is 34.9 Å². The number of rotatable bonds is 4. The fourth-order valence-electron chi connectivity index (χ4n) is 5.43. The lowest BCUT2D eigenvalue weighted by atomic mass is 9.92. The SMILES string of the molecule is CCc1ccc(CC)c(C(Br)C2C3C4CCC(C4)C32)c1. The van der Waals surface area contributed by atoms with E-state index in [1.54, 1.807) is 17.5 Å². The van der Waals surface area contributed by atoms with E-state index < -0.39 is 0 Å². The highest BCUT2D eigenvalue weighted by molar-refractivity contribution is 9.09. The quantitative estimate of drug-likeness (QED) is 0.635. The van der Waals surface area contributed by atoms with Gasteiger partial charge in [0.1, 0.15) is 0 Å². The van der Waals surface area contributed by atoms with Gasteiger partial charge in [0.05, 0.1) is 0 Å². The number of fused-ring (bicyclic) bond motifs is 5. The van der Waals surface area contributed by atoms with Crippen LogP contribution in [-0.2, 0) is 12.8 Å². The molecule has 108 valence electrons. The minimum Gasteiger partial charge on any atom is -0.0835 e. The summed E-state index contributed by atoms with van der Waals surface area (Å²) in [5, 5.41) is 0. The van der Waals surface area contributed by atoms with E-state index in [1.165, 1.54) is 18.4 Å². The molecule has 1 aromatic carbocycles. The van der Waals surface area contributed by atoms with Crippen molar-refractivity contribution in [2.45, 2.75) is 50.8 Å². The smallest absolute Gasteiger partial charge is 0.0432 e. The summed E-state index contributed by atoms with van der Waals surface area (Å²) in [6, 6.07) is 7.17. The predicted molar refractivity (Wildman–Crippen MR) is 88.2 cm³/mol. The molecule has 2 bridgehead atoms. The highest BCUT2D eigenvalue weighted by Gasteiger charge is 2.66. The van der Waals surface area contributed by atoms with Crippen LogP contribution in [0.2, 0.25) is 0 Å². The summed E-state index contributed by atoms with van der Waals surface area (Å²) in [5.74, 6) is 5.23. The molecule has 0 saturated heterocycles. The summed E-state index contributed by atoms with van der Waals surface area (Å²) in [6.45, 7) is 4.56. The maximum atomic E-state index is 4.11. The topological polar surface area (TPSA) is 0 Å². The highest BCUT2D eigenvalue weighted by Crippen LogP contribution is 2.73. The monoisotopic (exact) mass is 332 g/mol. The summed E-state index contributed by atoms with van der Waals surface area (Å²) >= 11 is 4.11. The Kier molecular flexibility index (Phi) is 3.25. The Balaban J connectivity index is 1.61. The number of benzene rings is 1. The zero-order chi connectivity index (χ0) is 13.9. The zero-order valence-electron chi connectivity index (χ0n) is 12.6. The third-order valence-corrected chi connectivity index (χ3v) is 7.53. The first-order chi connectivity index (χ1) is 9.74. The number of alkyl halides is 1. The van der Waals surface area contributed by atoms with Crippen molar-refractivity contribution < 1.29 is 0 Å². The van der Waals surface area contributed by atoms with Gasteiger partial charge in [-0.2, -0.15) is 0 Å². The van der Waals surface area contributed by atoms with Crippen LogP contribution in [0.15, 0.2) is 18.2 Å². The van der Waals surface area contributed by atoms with Crippen LogP contribution in [0.3, 0.4) is 0 Å². The molecule has 0 spiro atoms. The lowest BCUT2D eigenvalue weighted by Crippen LogP contribution is -2.06.